The van der Waals surface area contributed by atoms with E-state index < -0.39 is 22.0 Å². The molecule has 2 N–H and O–H groups in total. The fourth-order valence-corrected chi connectivity index (χ4v) is 1.94. The molecular formula is C9H11NO4S. The first kappa shape index (κ1) is 11.7. The highest BCUT2D eigenvalue weighted by Gasteiger charge is 2.19. The third-order valence-electron chi connectivity index (χ3n) is 1.67. The van der Waals surface area contributed by atoms with E-state index in [1.165, 1.54) is 19.1 Å². The van der Waals surface area contributed by atoms with Crippen LogP contribution in [0.25, 0.3) is 0 Å². The Hall–Kier alpha value is -1.40. The SMILES string of the molecule is C[C@@H](O)C(=O)NS(=O)(=O)c1ccccc1. The highest BCUT2D eigenvalue weighted by Crippen LogP contribution is 2.06. The molecule has 0 aliphatic heterocycles. The molecule has 15 heavy (non-hydrogen) atoms. The standard InChI is InChI=1S/C9H11NO4S/c1-7(11)9(12)10-15(13,14)8-5-3-2-4-6-8/h2-7,11H,1H3,(H,10,12)/t7-/m1/s1. The van der Waals surface area contributed by atoms with E-state index in [1.54, 1.807) is 22.9 Å². The average molecular weight is 229 g/mol. The second-order valence-electron chi connectivity index (χ2n) is 2.96. The summed E-state index contributed by atoms with van der Waals surface area (Å²) in [6.45, 7) is 1.19. The van der Waals surface area contributed by atoms with Crippen molar-refractivity contribution in [1.82, 2.24) is 4.72 Å². The molecule has 1 aromatic carbocycles. The average Bonchev–Trinajstić information content (AvgIpc) is 2.18. The molecule has 0 radical (unpaired) electrons. The molecule has 0 spiro atoms. The van der Waals surface area contributed by atoms with Gasteiger partial charge in [-0.05, 0) is 19.1 Å². The minimum atomic E-state index is -3.86. The lowest BCUT2D eigenvalue weighted by Gasteiger charge is -2.07. The van der Waals surface area contributed by atoms with Gasteiger partial charge in [0.1, 0.15) is 6.10 Å². The van der Waals surface area contributed by atoms with Gasteiger partial charge in [0.05, 0.1) is 4.90 Å². The predicted octanol–water partition coefficient (Wildman–Crippen LogP) is -0.128. The van der Waals surface area contributed by atoms with Crippen molar-refractivity contribution < 1.29 is 18.3 Å². The zero-order chi connectivity index (χ0) is 11.5. The third-order valence-corrected chi connectivity index (χ3v) is 3.03. The van der Waals surface area contributed by atoms with Crippen molar-refractivity contribution in [3.63, 3.8) is 0 Å². The van der Waals surface area contributed by atoms with E-state index in [2.05, 4.69) is 0 Å². The number of sulfonamides is 1. The number of aliphatic hydroxyl groups excluding tert-OH is 1. The molecule has 0 aliphatic carbocycles. The highest BCUT2D eigenvalue weighted by atomic mass is 32.2. The van der Waals surface area contributed by atoms with Crippen LogP contribution in [0.3, 0.4) is 0 Å². The summed E-state index contributed by atoms with van der Waals surface area (Å²) in [5, 5.41) is 8.85. The second kappa shape index (κ2) is 4.41. The van der Waals surface area contributed by atoms with Crippen molar-refractivity contribution in [1.29, 1.82) is 0 Å². The Morgan fingerprint density at radius 3 is 2.33 bits per heavy atom. The topological polar surface area (TPSA) is 83.5 Å². The molecule has 0 fully saturated rings. The summed E-state index contributed by atoms with van der Waals surface area (Å²) >= 11 is 0. The van der Waals surface area contributed by atoms with Crippen molar-refractivity contribution in [2.45, 2.75) is 17.9 Å². The Morgan fingerprint density at radius 2 is 1.87 bits per heavy atom. The summed E-state index contributed by atoms with van der Waals surface area (Å²) in [6.07, 6.45) is -1.36. The van der Waals surface area contributed by atoms with Crippen molar-refractivity contribution in [3.8, 4) is 0 Å². The smallest absolute Gasteiger partial charge is 0.264 e. The third kappa shape index (κ3) is 3.03. The van der Waals surface area contributed by atoms with E-state index in [0.717, 1.165) is 0 Å². The zero-order valence-corrected chi connectivity index (χ0v) is 8.86. The minimum absolute atomic E-state index is 0.0148. The summed E-state index contributed by atoms with van der Waals surface area (Å²) in [7, 11) is -3.86. The van der Waals surface area contributed by atoms with Crippen LogP contribution in [0.4, 0.5) is 0 Å². The van der Waals surface area contributed by atoms with Gasteiger partial charge in [-0.25, -0.2) is 13.1 Å². The van der Waals surface area contributed by atoms with Gasteiger partial charge in [0.2, 0.25) is 0 Å². The maximum atomic E-state index is 11.5. The van der Waals surface area contributed by atoms with E-state index in [0.29, 0.717) is 0 Å². The second-order valence-corrected chi connectivity index (χ2v) is 4.64. The number of carbonyl (C=O) groups excluding carboxylic acids is 1. The fourth-order valence-electron chi connectivity index (χ4n) is 0.876. The van der Waals surface area contributed by atoms with Crippen molar-refractivity contribution in [2.24, 2.45) is 0 Å². The molecule has 1 amide bonds. The lowest BCUT2D eigenvalue weighted by Crippen LogP contribution is -2.37. The van der Waals surface area contributed by atoms with E-state index >= 15 is 0 Å². The molecule has 0 saturated carbocycles. The Labute approximate surface area is 87.8 Å². The summed E-state index contributed by atoms with van der Waals surface area (Å²) in [5.74, 6) is -0.946. The molecule has 1 aromatic rings. The first-order valence-electron chi connectivity index (χ1n) is 4.23. The van der Waals surface area contributed by atoms with Crippen LogP contribution in [0.2, 0.25) is 0 Å². The number of hydrogen-bond acceptors (Lipinski definition) is 4. The maximum Gasteiger partial charge on any atom is 0.264 e. The highest BCUT2D eigenvalue weighted by molar-refractivity contribution is 7.90. The van der Waals surface area contributed by atoms with Gasteiger partial charge in [-0.15, -0.1) is 0 Å². The van der Waals surface area contributed by atoms with Crippen molar-refractivity contribution in [2.75, 3.05) is 0 Å². The van der Waals surface area contributed by atoms with Crippen LogP contribution in [0.1, 0.15) is 6.92 Å². The van der Waals surface area contributed by atoms with Crippen LogP contribution in [0.5, 0.6) is 0 Å². The quantitative estimate of drug-likeness (QED) is 0.756. The van der Waals surface area contributed by atoms with Crippen molar-refractivity contribution in [3.05, 3.63) is 30.3 Å². The molecule has 0 aromatic heterocycles. The van der Waals surface area contributed by atoms with Crippen LogP contribution in [0, 0.1) is 0 Å². The summed E-state index contributed by atoms with van der Waals surface area (Å²) in [5.41, 5.74) is 0. The maximum absolute atomic E-state index is 11.5. The minimum Gasteiger partial charge on any atom is -0.384 e. The van der Waals surface area contributed by atoms with Crippen molar-refractivity contribution >= 4 is 15.9 Å². The van der Waals surface area contributed by atoms with Crippen LogP contribution < -0.4 is 4.72 Å². The monoisotopic (exact) mass is 229 g/mol. The number of amides is 1. The van der Waals surface area contributed by atoms with Crippen LogP contribution in [-0.2, 0) is 14.8 Å². The summed E-state index contributed by atoms with van der Waals surface area (Å²) < 4.78 is 24.8. The van der Waals surface area contributed by atoms with Gasteiger partial charge in [-0.2, -0.15) is 0 Å². The predicted molar refractivity (Wildman–Crippen MR) is 53.5 cm³/mol. The normalized spacial score (nSPS) is 13.2. The molecule has 1 atom stereocenters. The molecule has 6 heteroatoms. The van der Waals surface area contributed by atoms with E-state index in [1.807, 2.05) is 0 Å². The molecular weight excluding hydrogens is 218 g/mol. The Bertz CT molecular complexity index is 438. The van der Waals surface area contributed by atoms with Gasteiger partial charge < -0.3 is 5.11 Å². The molecule has 5 nitrogen and oxygen atoms in total. The van der Waals surface area contributed by atoms with Gasteiger partial charge >= 0.3 is 0 Å². The molecule has 0 saturated heterocycles. The summed E-state index contributed by atoms with van der Waals surface area (Å²) in [6, 6.07) is 7.47. The first-order valence-corrected chi connectivity index (χ1v) is 5.71. The summed E-state index contributed by atoms with van der Waals surface area (Å²) in [4.78, 5) is 11.0. The molecule has 0 aliphatic rings. The first-order chi connectivity index (χ1) is 6.93. The largest absolute Gasteiger partial charge is 0.384 e. The van der Waals surface area contributed by atoms with E-state index in [9.17, 15) is 13.2 Å². The Kier molecular flexibility index (Phi) is 3.43. The fraction of sp³-hybridized carbons (Fsp3) is 0.222. The van der Waals surface area contributed by atoms with Crippen LogP contribution in [0.15, 0.2) is 35.2 Å². The van der Waals surface area contributed by atoms with Gasteiger partial charge in [-0.1, -0.05) is 18.2 Å². The van der Waals surface area contributed by atoms with Gasteiger partial charge in [0.15, 0.2) is 0 Å². The molecule has 82 valence electrons. The Morgan fingerprint density at radius 1 is 1.33 bits per heavy atom. The number of carbonyl (C=O) groups is 1. The Balaban J connectivity index is 2.91. The number of aliphatic hydroxyl groups is 1. The van der Waals surface area contributed by atoms with Crippen LogP contribution >= 0.6 is 0 Å². The van der Waals surface area contributed by atoms with E-state index in [-0.39, 0.29) is 4.90 Å². The lowest BCUT2D eigenvalue weighted by molar-refractivity contribution is -0.126. The number of hydrogen-bond donors (Lipinski definition) is 2. The molecule has 0 unspecified atom stereocenters. The molecule has 0 heterocycles. The van der Waals surface area contributed by atoms with Gasteiger partial charge in [0, 0.05) is 0 Å². The zero-order valence-electron chi connectivity index (χ0n) is 8.04. The van der Waals surface area contributed by atoms with Gasteiger partial charge in [-0.3, -0.25) is 4.79 Å². The number of rotatable bonds is 3. The number of benzene rings is 1. The molecule has 0 bridgehead atoms. The lowest BCUT2D eigenvalue weighted by atomic mass is 10.4. The van der Waals surface area contributed by atoms with Gasteiger partial charge in [0.25, 0.3) is 15.9 Å². The number of nitrogens with one attached hydrogen (secondary N) is 1. The molecule has 1 rings (SSSR count). The van der Waals surface area contributed by atoms with Crippen LogP contribution in [-0.4, -0.2) is 25.5 Å². The van der Waals surface area contributed by atoms with E-state index in [4.69, 9.17) is 5.11 Å².